The van der Waals surface area contributed by atoms with E-state index in [0.29, 0.717) is 24.9 Å². The van der Waals surface area contributed by atoms with Crippen LogP contribution in [0.1, 0.15) is 69.5 Å². The maximum atomic E-state index is 13.4. The molecule has 2 bridgehead atoms. The monoisotopic (exact) mass is 499 g/mol. The first-order valence-corrected chi connectivity index (χ1v) is 15.4. The largest absolute Gasteiger partial charge is 0.420 e. The lowest BCUT2D eigenvalue weighted by Gasteiger charge is -2.38. The van der Waals surface area contributed by atoms with Gasteiger partial charge in [-0.05, 0) is 48.4 Å². The first-order valence-electron chi connectivity index (χ1n) is 12.5. The maximum absolute atomic E-state index is 13.4. The summed E-state index contributed by atoms with van der Waals surface area (Å²) in [4.78, 5) is 21.3. The number of carbonyl (C=O) groups is 1. The molecule has 1 aromatic heterocycles. The van der Waals surface area contributed by atoms with Gasteiger partial charge in [0.1, 0.15) is 18.8 Å². The zero-order chi connectivity index (χ0) is 25.0. The van der Waals surface area contributed by atoms with Gasteiger partial charge in [0.05, 0.1) is 6.04 Å². The second-order valence-electron chi connectivity index (χ2n) is 11.7. The van der Waals surface area contributed by atoms with Crippen LogP contribution in [-0.2, 0) is 15.9 Å². The Hall–Kier alpha value is -2.27. The van der Waals surface area contributed by atoms with Crippen LogP contribution < -0.4 is 5.73 Å². The van der Waals surface area contributed by atoms with E-state index in [1.165, 1.54) is 0 Å². The highest BCUT2D eigenvalue weighted by Crippen LogP contribution is 2.61. The number of aromatic nitrogens is 2. The van der Waals surface area contributed by atoms with Crippen LogP contribution in [0.25, 0.3) is 0 Å². The van der Waals surface area contributed by atoms with E-state index in [0.717, 1.165) is 24.8 Å². The summed E-state index contributed by atoms with van der Waals surface area (Å²) in [6.45, 7) is 12.1. The van der Waals surface area contributed by atoms with Crippen molar-refractivity contribution in [3.8, 4) is 0 Å². The molecule has 1 spiro atoms. The van der Waals surface area contributed by atoms with E-state index in [1.54, 1.807) is 5.06 Å². The molecule has 9 nitrogen and oxygen atoms in total. The molecule has 10 heteroatoms. The Bertz CT molecular complexity index is 1070. The number of urea groups is 1. The van der Waals surface area contributed by atoms with Gasteiger partial charge >= 0.3 is 6.03 Å². The molecule has 2 saturated heterocycles. The molecule has 3 fully saturated rings. The number of carbonyl (C=O) groups excluding carboxylic acids is 1. The first-order chi connectivity index (χ1) is 16.5. The summed E-state index contributed by atoms with van der Waals surface area (Å²) in [5, 5.41) is 10.3. The van der Waals surface area contributed by atoms with Crippen LogP contribution in [0.4, 0.5) is 4.79 Å². The molecule has 2 aromatic rings. The lowest BCUT2D eigenvalue weighted by atomic mass is 9.85. The summed E-state index contributed by atoms with van der Waals surface area (Å²) in [6.07, 6.45) is 2.48. The number of nitrogens with zero attached hydrogens (tertiary/aromatic N) is 4. The Balaban J connectivity index is 1.33. The third kappa shape index (κ3) is 4.41. The molecule has 0 radical (unpaired) electrons. The van der Waals surface area contributed by atoms with Crippen molar-refractivity contribution in [3.63, 3.8) is 0 Å². The fourth-order valence-corrected chi connectivity index (χ4v) is 6.22. The van der Waals surface area contributed by atoms with Gasteiger partial charge in [-0.2, -0.15) is 5.06 Å². The second kappa shape index (κ2) is 8.69. The smallest absolute Gasteiger partial charge is 0.345 e. The third-order valence-corrected chi connectivity index (χ3v) is 12.8. The Kier molecular flexibility index (Phi) is 6.06. The van der Waals surface area contributed by atoms with Crippen molar-refractivity contribution in [1.29, 1.82) is 0 Å². The molecule has 1 aliphatic carbocycles. The predicted octanol–water partition coefficient (Wildman–Crippen LogP) is 4.55. The minimum atomic E-state index is -2.08. The molecular weight excluding hydrogens is 462 g/mol. The zero-order valence-electron chi connectivity index (χ0n) is 21.4. The van der Waals surface area contributed by atoms with Gasteiger partial charge in [0.15, 0.2) is 8.32 Å². The number of piperidine rings is 1. The van der Waals surface area contributed by atoms with Gasteiger partial charge in [-0.15, -0.1) is 10.2 Å². The summed E-state index contributed by atoms with van der Waals surface area (Å²) in [5.41, 5.74) is 7.14. The van der Waals surface area contributed by atoms with Crippen molar-refractivity contribution < 1.29 is 18.5 Å². The van der Waals surface area contributed by atoms with Crippen molar-refractivity contribution in [2.45, 2.75) is 83.0 Å². The van der Waals surface area contributed by atoms with Crippen LogP contribution in [0, 0.1) is 5.41 Å². The average Bonchev–Trinajstić information content (AvgIpc) is 3.29. The van der Waals surface area contributed by atoms with Crippen LogP contribution in [0.2, 0.25) is 18.1 Å². The summed E-state index contributed by atoms with van der Waals surface area (Å²) in [6, 6.07) is 9.58. The number of hydrogen-bond acceptors (Lipinski definition) is 7. The lowest BCUT2D eigenvalue weighted by Crippen LogP contribution is -2.43. The normalized spacial score (nSPS) is 24.3. The molecule has 2 amide bonds. The Labute approximate surface area is 208 Å². The van der Waals surface area contributed by atoms with Crippen molar-refractivity contribution >= 4 is 14.3 Å². The van der Waals surface area contributed by atoms with Crippen molar-refractivity contribution in [2.24, 2.45) is 11.1 Å². The van der Waals surface area contributed by atoms with Crippen LogP contribution >= 0.6 is 0 Å². The minimum absolute atomic E-state index is 0.0329. The van der Waals surface area contributed by atoms with E-state index in [-0.39, 0.29) is 35.1 Å². The lowest BCUT2D eigenvalue weighted by molar-refractivity contribution is -0.153. The van der Waals surface area contributed by atoms with Crippen molar-refractivity contribution in [1.82, 2.24) is 20.2 Å². The van der Waals surface area contributed by atoms with Crippen LogP contribution in [0.3, 0.4) is 0 Å². The summed E-state index contributed by atoms with van der Waals surface area (Å²) in [5.74, 6) is 0.850. The molecule has 5 rings (SSSR count). The number of hydrogen-bond donors (Lipinski definition) is 1. The molecule has 1 aromatic carbocycles. The molecule has 3 heterocycles. The fourth-order valence-electron chi connectivity index (χ4n) is 4.96. The molecule has 2 aliphatic heterocycles. The third-order valence-electron chi connectivity index (χ3n) is 8.35. The number of hydroxylamine groups is 2. The summed E-state index contributed by atoms with van der Waals surface area (Å²) in [7, 11) is -2.08. The minimum Gasteiger partial charge on any atom is -0.420 e. The van der Waals surface area contributed by atoms with E-state index in [1.807, 2.05) is 35.2 Å². The SMILES string of the molecule is CC(C)(C)[Si](C)(C)OC(CN)c1nnc([C@@H]2CC3(CC3)[C@@H]3CN2C(=O)N3OCc2ccccc2)o1. The zero-order valence-corrected chi connectivity index (χ0v) is 22.4. The Morgan fingerprint density at radius 2 is 1.94 bits per heavy atom. The van der Waals surface area contributed by atoms with Gasteiger partial charge in [0, 0.05) is 13.1 Å². The first kappa shape index (κ1) is 24.4. The molecule has 3 atom stereocenters. The second-order valence-corrected chi connectivity index (χ2v) is 16.5. The number of rotatable bonds is 8. The number of benzene rings is 1. The van der Waals surface area contributed by atoms with E-state index in [4.69, 9.17) is 19.4 Å². The number of amides is 2. The molecule has 1 saturated carbocycles. The quantitative estimate of drug-likeness (QED) is 0.531. The van der Waals surface area contributed by atoms with E-state index in [9.17, 15) is 4.79 Å². The van der Waals surface area contributed by atoms with Crippen molar-refractivity contribution in [2.75, 3.05) is 13.1 Å². The van der Waals surface area contributed by atoms with E-state index in [2.05, 4.69) is 44.1 Å². The molecule has 3 aliphatic rings. The standard InChI is InChI=1S/C25H37N5O4Si/c1-24(2,3)35(4,5)34-19(14-26)22-28-27-21(33-22)18-13-25(11-12-25)20-15-29(18)23(31)30(20)32-16-17-9-7-6-8-10-17/h6-10,18-20H,11-16,26H2,1-5H3/t18-,19?,20-/m0/s1. The summed E-state index contributed by atoms with van der Waals surface area (Å²) >= 11 is 0. The molecule has 190 valence electrons. The van der Waals surface area contributed by atoms with E-state index >= 15 is 0 Å². The van der Waals surface area contributed by atoms with Gasteiger partial charge in [0.2, 0.25) is 11.8 Å². The van der Waals surface area contributed by atoms with Gasteiger partial charge in [-0.3, -0.25) is 4.84 Å². The highest BCUT2D eigenvalue weighted by atomic mass is 28.4. The molecule has 2 N–H and O–H groups in total. The molecular formula is C25H37N5O4Si. The fraction of sp³-hybridized carbons (Fsp3) is 0.640. The van der Waals surface area contributed by atoms with Crippen LogP contribution in [0.15, 0.2) is 34.7 Å². The number of fused-ring (bicyclic) bond motifs is 3. The predicted molar refractivity (Wildman–Crippen MR) is 132 cm³/mol. The molecule has 35 heavy (non-hydrogen) atoms. The van der Waals surface area contributed by atoms with E-state index < -0.39 is 14.4 Å². The van der Waals surface area contributed by atoms with Crippen LogP contribution in [0.5, 0.6) is 0 Å². The van der Waals surface area contributed by atoms with Gasteiger partial charge < -0.3 is 19.5 Å². The maximum Gasteiger partial charge on any atom is 0.345 e. The highest BCUT2D eigenvalue weighted by molar-refractivity contribution is 6.74. The highest BCUT2D eigenvalue weighted by Gasteiger charge is 2.64. The van der Waals surface area contributed by atoms with Crippen LogP contribution in [-0.4, -0.2) is 53.6 Å². The Morgan fingerprint density at radius 3 is 2.57 bits per heavy atom. The van der Waals surface area contributed by atoms with Crippen molar-refractivity contribution in [3.05, 3.63) is 47.7 Å². The number of nitrogens with two attached hydrogens (primary N) is 1. The van der Waals surface area contributed by atoms with Gasteiger partial charge in [-0.25, -0.2) is 4.79 Å². The Morgan fingerprint density at radius 1 is 1.23 bits per heavy atom. The van der Waals surface area contributed by atoms with Gasteiger partial charge in [-0.1, -0.05) is 51.1 Å². The average molecular weight is 500 g/mol. The summed E-state index contributed by atoms with van der Waals surface area (Å²) < 4.78 is 12.6. The molecule has 1 unspecified atom stereocenters. The van der Waals surface area contributed by atoms with Gasteiger partial charge in [0.25, 0.3) is 0 Å². The topological polar surface area (TPSA) is 107 Å².